The molecule has 4 bridgehead atoms. The van der Waals surface area contributed by atoms with Gasteiger partial charge < -0.3 is 4.90 Å². The maximum atomic E-state index is 2.70. The summed E-state index contributed by atoms with van der Waals surface area (Å²) in [5.74, 6) is 3.21. The Morgan fingerprint density at radius 2 is 1.04 bits per heavy atom. The topological polar surface area (TPSA) is 3.24 Å². The summed E-state index contributed by atoms with van der Waals surface area (Å²) < 4.78 is 0. The van der Waals surface area contributed by atoms with E-state index >= 15 is 0 Å². The van der Waals surface area contributed by atoms with Gasteiger partial charge in [-0.15, -0.1) is 0 Å². The van der Waals surface area contributed by atoms with Crippen molar-refractivity contribution in [2.45, 2.75) is 88.9 Å². The monoisotopic (exact) mass is 715 g/mol. The van der Waals surface area contributed by atoms with E-state index in [1.165, 1.54) is 107 Å². The van der Waals surface area contributed by atoms with Crippen LogP contribution < -0.4 is 4.90 Å². The van der Waals surface area contributed by atoms with Gasteiger partial charge in [0, 0.05) is 16.8 Å². The molecule has 0 radical (unpaired) electrons. The maximum absolute atomic E-state index is 2.70. The van der Waals surface area contributed by atoms with Gasteiger partial charge in [0.25, 0.3) is 0 Å². The van der Waals surface area contributed by atoms with Crippen molar-refractivity contribution in [3.8, 4) is 33.4 Å². The van der Waals surface area contributed by atoms with E-state index in [1.54, 1.807) is 11.1 Å². The molecule has 4 saturated carbocycles. The number of fused-ring (bicyclic) bond motifs is 4. The Morgan fingerprint density at radius 3 is 1.73 bits per heavy atom. The van der Waals surface area contributed by atoms with Crippen LogP contribution in [0.5, 0.6) is 0 Å². The molecule has 6 aromatic carbocycles. The van der Waals surface area contributed by atoms with Crippen LogP contribution in [0.1, 0.15) is 94.9 Å². The molecule has 274 valence electrons. The normalized spacial score (nSPS) is 26.0. The van der Waals surface area contributed by atoms with Crippen LogP contribution in [0.2, 0.25) is 0 Å². The predicted molar refractivity (Wildman–Crippen MR) is 231 cm³/mol. The predicted octanol–water partition coefficient (Wildman–Crippen LogP) is 14.6. The Morgan fingerprint density at radius 1 is 0.455 bits per heavy atom. The summed E-state index contributed by atoms with van der Waals surface area (Å²) in [5, 5.41) is 0. The summed E-state index contributed by atoms with van der Waals surface area (Å²) in [7, 11) is 0. The van der Waals surface area contributed by atoms with Gasteiger partial charge in [0.2, 0.25) is 0 Å². The van der Waals surface area contributed by atoms with Gasteiger partial charge in [-0.3, -0.25) is 0 Å². The van der Waals surface area contributed by atoms with Crippen molar-refractivity contribution in [3.05, 3.63) is 162 Å². The zero-order chi connectivity index (χ0) is 37.1. The fraction of sp³-hybridized carbons (Fsp3) is 0.333. The summed E-state index contributed by atoms with van der Waals surface area (Å²) in [5.41, 5.74) is 18.5. The molecule has 12 rings (SSSR count). The van der Waals surface area contributed by atoms with E-state index in [1.807, 2.05) is 0 Å². The minimum absolute atomic E-state index is 0.0432. The van der Waals surface area contributed by atoms with Crippen molar-refractivity contribution >= 4 is 17.1 Å². The molecule has 6 aliphatic rings. The fourth-order valence-electron chi connectivity index (χ4n) is 13.0. The van der Waals surface area contributed by atoms with Gasteiger partial charge in [-0.2, -0.15) is 0 Å². The van der Waals surface area contributed by atoms with Crippen molar-refractivity contribution in [2.24, 2.45) is 23.7 Å². The van der Waals surface area contributed by atoms with E-state index in [0.29, 0.717) is 11.8 Å². The van der Waals surface area contributed by atoms with Crippen LogP contribution in [0, 0.1) is 23.7 Å². The molecule has 6 aliphatic carbocycles. The number of nitrogens with zero attached hydrogens (tertiary/aromatic N) is 1. The second kappa shape index (κ2) is 12.1. The van der Waals surface area contributed by atoms with Crippen molar-refractivity contribution in [1.82, 2.24) is 0 Å². The van der Waals surface area contributed by atoms with Gasteiger partial charge in [-0.25, -0.2) is 0 Å². The van der Waals surface area contributed by atoms with Crippen LogP contribution in [0.25, 0.3) is 33.4 Å². The van der Waals surface area contributed by atoms with E-state index in [0.717, 1.165) is 11.8 Å². The van der Waals surface area contributed by atoms with Crippen LogP contribution in [0.3, 0.4) is 0 Å². The highest BCUT2D eigenvalue weighted by atomic mass is 15.1. The lowest BCUT2D eigenvalue weighted by molar-refractivity contribution is -0.0399. The van der Waals surface area contributed by atoms with E-state index in [9.17, 15) is 0 Å². The zero-order valence-electron chi connectivity index (χ0n) is 33.0. The molecule has 0 amide bonds. The molecule has 0 unspecified atom stereocenters. The molecule has 0 aromatic heterocycles. The van der Waals surface area contributed by atoms with Crippen molar-refractivity contribution in [2.75, 3.05) is 4.90 Å². The van der Waals surface area contributed by atoms with E-state index in [-0.39, 0.29) is 16.2 Å². The van der Waals surface area contributed by atoms with Gasteiger partial charge in [-0.05, 0) is 165 Å². The second-order valence-electron chi connectivity index (χ2n) is 19.2. The Kier molecular flexibility index (Phi) is 7.34. The molecule has 55 heavy (non-hydrogen) atoms. The lowest BCUT2D eigenvalue weighted by Crippen LogP contribution is -2.55. The minimum atomic E-state index is 0.0432. The smallest absolute Gasteiger partial charge is 0.0502 e. The molecule has 1 spiro atoms. The Labute approximate surface area is 328 Å². The number of hydrogen-bond donors (Lipinski definition) is 0. The zero-order valence-corrected chi connectivity index (χ0v) is 33.0. The van der Waals surface area contributed by atoms with E-state index in [4.69, 9.17) is 0 Å². The average molecular weight is 716 g/mol. The highest BCUT2D eigenvalue weighted by Crippen LogP contribution is 2.70. The molecule has 6 aromatic rings. The molecular weight excluding hydrogens is 663 g/mol. The number of rotatable bonds is 5. The van der Waals surface area contributed by atoms with Gasteiger partial charge in [0.1, 0.15) is 0 Å². The van der Waals surface area contributed by atoms with Crippen LogP contribution in [0.4, 0.5) is 17.1 Å². The standard InChI is InChI=1S/C54H53N/c1-52(2)26-27-53(3,4)51-47(52)20-13-21-49(51)55(42-24-22-38(23-25-42)37-14-7-5-8-15-37)43-33-45(39-16-9-6-10-17-39)50-44-18-11-12-19-46(44)54(48(50)34-43)40-29-35-28-36(31-40)32-41(54)30-35/h5-25,33-36,40-41H,26-32H2,1-4H3. The van der Waals surface area contributed by atoms with Gasteiger partial charge in [0.05, 0.1) is 5.69 Å². The first kappa shape index (κ1) is 33.5. The fourth-order valence-corrected chi connectivity index (χ4v) is 13.0. The van der Waals surface area contributed by atoms with Crippen LogP contribution in [0.15, 0.2) is 140 Å². The third-order valence-electron chi connectivity index (χ3n) is 15.3. The summed E-state index contributed by atoms with van der Waals surface area (Å²) in [4.78, 5) is 2.66. The molecule has 0 heterocycles. The summed E-state index contributed by atoms with van der Waals surface area (Å²) >= 11 is 0. The maximum Gasteiger partial charge on any atom is 0.0502 e. The Bertz CT molecular complexity index is 2400. The molecule has 0 aliphatic heterocycles. The first-order chi connectivity index (χ1) is 26.7. The first-order valence-corrected chi connectivity index (χ1v) is 21.2. The molecule has 1 heteroatoms. The van der Waals surface area contributed by atoms with Gasteiger partial charge in [0.15, 0.2) is 0 Å². The SMILES string of the molecule is CC1(C)CCC(C)(C)c2c(N(c3ccc(-c4ccccc4)cc3)c3cc(-c4ccccc4)c4c(c3)C3(c5ccccc5-4)C4CC5CC(C4)CC3C5)cccc21. The van der Waals surface area contributed by atoms with Crippen molar-refractivity contribution < 1.29 is 0 Å². The highest BCUT2D eigenvalue weighted by Gasteiger charge is 2.62. The largest absolute Gasteiger partial charge is 0.310 e. The molecule has 1 nitrogen and oxygen atoms in total. The number of benzene rings is 6. The van der Waals surface area contributed by atoms with E-state index < -0.39 is 0 Å². The Hall–Kier alpha value is -4.88. The second-order valence-corrected chi connectivity index (χ2v) is 19.2. The third-order valence-corrected chi connectivity index (χ3v) is 15.3. The van der Waals surface area contributed by atoms with Crippen LogP contribution in [-0.4, -0.2) is 0 Å². The first-order valence-electron chi connectivity index (χ1n) is 21.2. The Balaban J connectivity index is 1.21. The molecule has 0 N–H and O–H groups in total. The average Bonchev–Trinajstić information content (AvgIpc) is 3.50. The highest BCUT2D eigenvalue weighted by molar-refractivity contribution is 5.97. The lowest BCUT2D eigenvalue weighted by Gasteiger charge is -2.61. The number of hydrogen-bond acceptors (Lipinski definition) is 1. The molecule has 0 atom stereocenters. The van der Waals surface area contributed by atoms with Gasteiger partial charge in [-0.1, -0.05) is 137 Å². The molecule has 0 saturated heterocycles. The number of anilines is 3. The van der Waals surface area contributed by atoms with Crippen LogP contribution >= 0.6 is 0 Å². The lowest BCUT2D eigenvalue weighted by atomic mass is 9.43. The minimum Gasteiger partial charge on any atom is -0.310 e. The van der Waals surface area contributed by atoms with Crippen molar-refractivity contribution in [1.29, 1.82) is 0 Å². The quantitative estimate of drug-likeness (QED) is 0.172. The summed E-state index contributed by atoms with van der Waals surface area (Å²) in [6.45, 7) is 9.89. The van der Waals surface area contributed by atoms with E-state index in [2.05, 4.69) is 172 Å². The summed E-state index contributed by atoms with van der Waals surface area (Å²) in [6.07, 6.45) is 9.36. The van der Waals surface area contributed by atoms with Crippen molar-refractivity contribution in [3.63, 3.8) is 0 Å². The molecule has 4 fully saturated rings. The summed E-state index contributed by atoms with van der Waals surface area (Å²) in [6, 6.07) is 53.7. The molecular formula is C54H53N. The van der Waals surface area contributed by atoms with Crippen LogP contribution in [-0.2, 0) is 16.2 Å². The van der Waals surface area contributed by atoms with Gasteiger partial charge >= 0.3 is 0 Å². The third kappa shape index (κ3) is 4.90.